The number of benzene rings is 3. The van der Waals surface area contributed by atoms with Gasteiger partial charge in [0.2, 0.25) is 5.91 Å². The lowest BCUT2D eigenvalue weighted by atomic mass is 10.1. The predicted octanol–water partition coefficient (Wildman–Crippen LogP) is 6.29. The second kappa shape index (κ2) is 12.2. The number of ether oxygens (including phenoxy) is 3. The Labute approximate surface area is 226 Å². The van der Waals surface area contributed by atoms with Crippen molar-refractivity contribution < 1.29 is 23.8 Å². The van der Waals surface area contributed by atoms with Crippen molar-refractivity contribution in [3.63, 3.8) is 0 Å². The first kappa shape index (κ1) is 26.6. The van der Waals surface area contributed by atoms with Crippen LogP contribution in [-0.4, -0.2) is 37.7 Å². The van der Waals surface area contributed by atoms with Gasteiger partial charge in [-0.25, -0.2) is 0 Å². The Balaban J connectivity index is 1.33. The molecule has 0 saturated carbocycles. The molecule has 1 heterocycles. The molecule has 0 spiro atoms. The lowest BCUT2D eigenvalue weighted by molar-refractivity contribution is -0.125. The number of carbonyl (C=O) groups is 2. The zero-order valence-electron chi connectivity index (χ0n) is 20.6. The molecule has 0 bridgehead atoms. The van der Waals surface area contributed by atoms with Crippen molar-refractivity contribution >= 4 is 46.4 Å². The van der Waals surface area contributed by atoms with Crippen molar-refractivity contribution in [3.8, 4) is 17.2 Å². The first-order chi connectivity index (χ1) is 17.8. The fraction of sp³-hybridized carbons (Fsp3) is 0.286. The maximum Gasteiger partial charge on any atom is 0.267 e. The number of carbonyl (C=O) groups excluding carboxylic acids is 2. The molecule has 7 nitrogen and oxygen atoms in total. The van der Waals surface area contributed by atoms with E-state index in [-0.39, 0.29) is 18.2 Å². The number of fused-ring (bicyclic) bond motifs is 1. The summed E-state index contributed by atoms with van der Waals surface area (Å²) < 4.78 is 17.3. The number of rotatable bonds is 10. The van der Waals surface area contributed by atoms with Gasteiger partial charge in [-0.05, 0) is 74.4 Å². The van der Waals surface area contributed by atoms with E-state index in [0.717, 1.165) is 11.3 Å². The van der Waals surface area contributed by atoms with Gasteiger partial charge >= 0.3 is 0 Å². The monoisotopic (exact) mass is 542 g/mol. The molecule has 1 atom stereocenters. The lowest BCUT2D eigenvalue weighted by Gasteiger charge is -2.33. The number of halogens is 2. The van der Waals surface area contributed by atoms with Crippen LogP contribution in [0.25, 0.3) is 0 Å². The highest BCUT2D eigenvalue weighted by atomic mass is 35.5. The highest BCUT2D eigenvalue weighted by Crippen LogP contribution is 2.36. The molecule has 3 aromatic carbocycles. The molecule has 1 aliphatic rings. The molecule has 0 aliphatic carbocycles. The van der Waals surface area contributed by atoms with Gasteiger partial charge in [0.15, 0.2) is 6.10 Å². The molecule has 1 unspecified atom stereocenters. The largest absolute Gasteiger partial charge is 0.492 e. The first-order valence-corrected chi connectivity index (χ1v) is 12.7. The highest BCUT2D eigenvalue weighted by molar-refractivity contribution is 6.35. The van der Waals surface area contributed by atoms with E-state index in [2.05, 4.69) is 5.32 Å². The molecule has 37 heavy (non-hydrogen) atoms. The minimum atomic E-state index is -0.610. The standard InChI is InChI=1S/C28H28Cl2N2O5/c1-18-5-3-6-22(15-18)35-14-12-32-24-17-21(9-11-26(24)37-19(2)28(32)34)31-27(33)7-4-13-36-25-10-8-20(29)16-23(25)30/h3,5-6,8-11,15-17,19H,4,7,12-14H2,1-2H3,(H,31,33). The molecule has 0 fully saturated rings. The zero-order chi connectivity index (χ0) is 26.4. The van der Waals surface area contributed by atoms with Gasteiger partial charge in [-0.2, -0.15) is 0 Å². The number of nitrogens with one attached hydrogen (secondary N) is 1. The molecule has 2 amide bonds. The topological polar surface area (TPSA) is 77.1 Å². The van der Waals surface area contributed by atoms with Gasteiger partial charge in [-0.3, -0.25) is 9.59 Å². The van der Waals surface area contributed by atoms with E-state index in [4.69, 9.17) is 37.4 Å². The Bertz CT molecular complexity index is 1280. The number of anilines is 2. The van der Waals surface area contributed by atoms with Gasteiger partial charge < -0.3 is 24.4 Å². The lowest BCUT2D eigenvalue weighted by Crippen LogP contribution is -2.46. The Hall–Kier alpha value is -3.42. The van der Waals surface area contributed by atoms with Crippen LogP contribution in [0.4, 0.5) is 11.4 Å². The molecule has 9 heteroatoms. The van der Waals surface area contributed by atoms with E-state index in [9.17, 15) is 9.59 Å². The van der Waals surface area contributed by atoms with Gasteiger partial charge in [0, 0.05) is 17.1 Å². The van der Waals surface area contributed by atoms with Gasteiger partial charge in [0.1, 0.15) is 23.9 Å². The SMILES string of the molecule is Cc1cccc(OCCN2C(=O)C(C)Oc3ccc(NC(=O)CCCOc4ccc(Cl)cc4Cl)cc32)c1. The molecular weight excluding hydrogens is 515 g/mol. The molecule has 0 radical (unpaired) electrons. The third-order valence-electron chi connectivity index (χ3n) is 5.72. The Morgan fingerprint density at radius 2 is 1.89 bits per heavy atom. The summed E-state index contributed by atoms with van der Waals surface area (Å²) in [6.07, 6.45) is 0.140. The Morgan fingerprint density at radius 1 is 1.05 bits per heavy atom. The number of aryl methyl sites for hydroxylation is 1. The first-order valence-electron chi connectivity index (χ1n) is 12.0. The van der Waals surface area contributed by atoms with Crippen molar-refractivity contribution in [1.29, 1.82) is 0 Å². The minimum absolute atomic E-state index is 0.165. The van der Waals surface area contributed by atoms with Crippen LogP contribution in [0.15, 0.2) is 60.7 Å². The van der Waals surface area contributed by atoms with Crippen LogP contribution in [0.3, 0.4) is 0 Å². The molecule has 3 aromatic rings. The van der Waals surface area contributed by atoms with E-state index in [1.54, 1.807) is 48.2 Å². The average Bonchev–Trinajstić information content (AvgIpc) is 2.85. The van der Waals surface area contributed by atoms with Crippen molar-refractivity contribution in [2.75, 3.05) is 30.0 Å². The van der Waals surface area contributed by atoms with Crippen LogP contribution in [0, 0.1) is 6.92 Å². The van der Waals surface area contributed by atoms with Gasteiger partial charge in [-0.15, -0.1) is 0 Å². The summed E-state index contributed by atoms with van der Waals surface area (Å²) in [5.41, 5.74) is 2.26. The molecule has 194 valence electrons. The van der Waals surface area contributed by atoms with Crippen LogP contribution < -0.4 is 24.4 Å². The molecule has 1 N–H and O–H groups in total. The fourth-order valence-electron chi connectivity index (χ4n) is 3.91. The second-order valence-corrected chi connectivity index (χ2v) is 9.52. The van der Waals surface area contributed by atoms with Gasteiger partial charge in [-0.1, -0.05) is 35.3 Å². The minimum Gasteiger partial charge on any atom is -0.492 e. The third kappa shape index (κ3) is 7.08. The molecule has 0 saturated heterocycles. The van der Waals surface area contributed by atoms with E-state index in [0.29, 0.717) is 59.1 Å². The highest BCUT2D eigenvalue weighted by Gasteiger charge is 2.31. The van der Waals surface area contributed by atoms with Gasteiger partial charge in [0.05, 0.1) is 23.9 Å². The van der Waals surface area contributed by atoms with E-state index >= 15 is 0 Å². The van der Waals surface area contributed by atoms with Crippen LogP contribution in [0.5, 0.6) is 17.2 Å². The van der Waals surface area contributed by atoms with Crippen molar-refractivity contribution in [1.82, 2.24) is 0 Å². The summed E-state index contributed by atoms with van der Waals surface area (Å²) >= 11 is 12.0. The summed E-state index contributed by atoms with van der Waals surface area (Å²) in [5, 5.41) is 3.83. The smallest absolute Gasteiger partial charge is 0.267 e. The maximum absolute atomic E-state index is 12.9. The number of hydrogen-bond donors (Lipinski definition) is 1. The summed E-state index contributed by atoms with van der Waals surface area (Å²) in [6, 6.07) is 18.0. The predicted molar refractivity (Wildman–Crippen MR) is 145 cm³/mol. The van der Waals surface area contributed by atoms with E-state index in [1.807, 2.05) is 31.2 Å². The average molecular weight is 543 g/mol. The summed E-state index contributed by atoms with van der Waals surface area (Å²) in [6.45, 7) is 4.70. The van der Waals surface area contributed by atoms with E-state index < -0.39 is 6.10 Å². The molecule has 4 rings (SSSR count). The quantitative estimate of drug-likeness (QED) is 0.304. The summed E-state index contributed by atoms with van der Waals surface area (Å²) in [4.78, 5) is 27.0. The summed E-state index contributed by atoms with van der Waals surface area (Å²) in [5.74, 6) is 1.51. The number of amides is 2. The molecular formula is C28H28Cl2N2O5. The molecule has 0 aromatic heterocycles. The maximum atomic E-state index is 12.9. The fourth-order valence-corrected chi connectivity index (χ4v) is 4.37. The Kier molecular flexibility index (Phi) is 8.79. The van der Waals surface area contributed by atoms with Crippen LogP contribution in [0.2, 0.25) is 10.0 Å². The van der Waals surface area contributed by atoms with Crippen molar-refractivity contribution in [2.24, 2.45) is 0 Å². The Morgan fingerprint density at radius 3 is 2.68 bits per heavy atom. The van der Waals surface area contributed by atoms with Crippen LogP contribution in [-0.2, 0) is 9.59 Å². The second-order valence-electron chi connectivity index (χ2n) is 8.67. The van der Waals surface area contributed by atoms with Crippen molar-refractivity contribution in [3.05, 3.63) is 76.3 Å². The van der Waals surface area contributed by atoms with Gasteiger partial charge in [0.25, 0.3) is 5.91 Å². The third-order valence-corrected chi connectivity index (χ3v) is 6.25. The molecule has 1 aliphatic heterocycles. The van der Waals surface area contributed by atoms with Crippen LogP contribution in [0.1, 0.15) is 25.3 Å². The number of hydrogen-bond acceptors (Lipinski definition) is 5. The zero-order valence-corrected chi connectivity index (χ0v) is 22.1. The van der Waals surface area contributed by atoms with Crippen molar-refractivity contribution in [2.45, 2.75) is 32.8 Å². The summed E-state index contributed by atoms with van der Waals surface area (Å²) in [7, 11) is 0. The number of nitrogens with zero attached hydrogens (tertiary/aromatic N) is 1. The van der Waals surface area contributed by atoms with Crippen LogP contribution >= 0.6 is 23.2 Å². The normalized spacial score (nSPS) is 14.5. The van der Waals surface area contributed by atoms with E-state index in [1.165, 1.54) is 0 Å².